The van der Waals surface area contributed by atoms with Crippen LogP contribution in [0.2, 0.25) is 0 Å². The Bertz CT molecular complexity index is 425. The molecule has 18 heavy (non-hydrogen) atoms. The molecular weight excluding hydrogens is 284 g/mol. The van der Waals surface area contributed by atoms with Gasteiger partial charge >= 0.3 is 0 Å². The molecule has 0 saturated heterocycles. The predicted octanol–water partition coefficient (Wildman–Crippen LogP) is 5.99. The highest BCUT2D eigenvalue weighted by Crippen LogP contribution is 2.27. The molecule has 0 bridgehead atoms. The van der Waals surface area contributed by atoms with Crippen molar-refractivity contribution in [3.63, 3.8) is 0 Å². The number of allylic oxidation sites excluding steroid dienone is 4. The maximum Gasteiger partial charge on any atom is 0.0175 e. The number of unbranched alkanes of at least 4 members (excludes halogenated alkanes) is 2. The lowest BCUT2D eigenvalue weighted by Gasteiger charge is -2.16. The summed E-state index contributed by atoms with van der Waals surface area (Å²) < 4.78 is 1.14. The molecule has 96 valence electrons. The summed E-state index contributed by atoms with van der Waals surface area (Å²) in [6.07, 6.45) is 13.7. The smallest absolute Gasteiger partial charge is 0.0175 e. The lowest BCUT2D eigenvalue weighted by molar-refractivity contribution is 0.543. The first-order chi connectivity index (χ1) is 8.79. The van der Waals surface area contributed by atoms with Crippen LogP contribution < -0.4 is 0 Å². The van der Waals surface area contributed by atoms with Crippen LogP contribution in [0.15, 0.2) is 47.0 Å². The zero-order chi connectivity index (χ0) is 12.8. The molecule has 1 aromatic carbocycles. The predicted molar refractivity (Wildman–Crippen MR) is 83.5 cm³/mol. The average Bonchev–Trinajstić information content (AvgIpc) is 2.41. The molecule has 2 rings (SSSR count). The van der Waals surface area contributed by atoms with Gasteiger partial charge in [0.05, 0.1) is 0 Å². The van der Waals surface area contributed by atoms with Gasteiger partial charge < -0.3 is 0 Å². The van der Waals surface area contributed by atoms with Crippen LogP contribution >= 0.6 is 15.9 Å². The Kier molecular flexibility index (Phi) is 5.25. The molecule has 0 aromatic heterocycles. The first-order valence-corrected chi connectivity index (χ1v) is 7.73. The zero-order valence-corrected chi connectivity index (χ0v) is 12.6. The van der Waals surface area contributed by atoms with Gasteiger partial charge in [0.1, 0.15) is 0 Å². The molecule has 1 heteroatoms. The topological polar surface area (TPSA) is 0 Å². The molecule has 1 atom stereocenters. The molecule has 1 unspecified atom stereocenters. The van der Waals surface area contributed by atoms with E-state index in [1.54, 1.807) is 0 Å². The third-order valence-corrected chi connectivity index (χ3v) is 4.07. The maximum atomic E-state index is 3.48. The summed E-state index contributed by atoms with van der Waals surface area (Å²) in [7, 11) is 0. The van der Waals surface area contributed by atoms with E-state index in [2.05, 4.69) is 65.3 Å². The fourth-order valence-corrected chi connectivity index (χ4v) is 2.66. The largest absolute Gasteiger partial charge is 0.0805 e. The number of benzene rings is 1. The molecule has 0 nitrogen and oxygen atoms in total. The van der Waals surface area contributed by atoms with Gasteiger partial charge in [0.15, 0.2) is 0 Å². The maximum absolute atomic E-state index is 3.48. The Balaban J connectivity index is 1.91. The second-order valence-electron chi connectivity index (χ2n) is 5.02. The first-order valence-electron chi connectivity index (χ1n) is 6.94. The molecule has 1 aliphatic carbocycles. The van der Waals surface area contributed by atoms with Gasteiger partial charge in [0, 0.05) is 4.47 Å². The van der Waals surface area contributed by atoms with E-state index in [1.807, 2.05) is 0 Å². The van der Waals surface area contributed by atoms with Gasteiger partial charge in [-0.15, -0.1) is 0 Å². The molecule has 0 saturated carbocycles. The minimum atomic E-state index is 0.760. The Labute approximate surface area is 119 Å². The average molecular weight is 305 g/mol. The van der Waals surface area contributed by atoms with Gasteiger partial charge in [-0.1, -0.05) is 72.5 Å². The van der Waals surface area contributed by atoms with Gasteiger partial charge in [-0.05, 0) is 42.0 Å². The Morgan fingerprint density at radius 1 is 1.17 bits per heavy atom. The molecule has 0 aliphatic heterocycles. The molecule has 0 fully saturated rings. The molecule has 0 N–H and O–H groups in total. The summed E-state index contributed by atoms with van der Waals surface area (Å²) >= 11 is 3.48. The summed E-state index contributed by atoms with van der Waals surface area (Å²) in [6.45, 7) is 2.27. The van der Waals surface area contributed by atoms with Crippen LogP contribution in [0.25, 0.3) is 5.57 Å². The molecule has 0 amide bonds. The second kappa shape index (κ2) is 6.94. The summed E-state index contributed by atoms with van der Waals surface area (Å²) in [6, 6.07) is 8.57. The highest BCUT2D eigenvalue weighted by Gasteiger charge is 2.09. The van der Waals surface area contributed by atoms with Gasteiger partial charge in [-0.2, -0.15) is 0 Å². The van der Waals surface area contributed by atoms with Crippen molar-refractivity contribution in [2.24, 2.45) is 5.92 Å². The van der Waals surface area contributed by atoms with Crippen molar-refractivity contribution in [3.8, 4) is 0 Å². The quantitative estimate of drug-likeness (QED) is 0.586. The van der Waals surface area contributed by atoms with Gasteiger partial charge in [-0.25, -0.2) is 0 Å². The van der Waals surface area contributed by atoms with Crippen LogP contribution in [-0.4, -0.2) is 0 Å². The standard InChI is InChI=1S/C17H21Br/c1-2-3-4-5-14-6-8-15(9-7-14)16-10-12-17(18)13-11-16/h6,8-14H,2-5,7H2,1H3. The van der Waals surface area contributed by atoms with Crippen LogP contribution in [0, 0.1) is 5.92 Å². The van der Waals surface area contributed by atoms with Crippen LogP contribution in [0.4, 0.5) is 0 Å². The third-order valence-electron chi connectivity index (χ3n) is 3.54. The molecule has 0 radical (unpaired) electrons. The summed E-state index contributed by atoms with van der Waals surface area (Å²) in [4.78, 5) is 0. The van der Waals surface area contributed by atoms with Crippen molar-refractivity contribution in [2.75, 3.05) is 0 Å². The van der Waals surface area contributed by atoms with E-state index >= 15 is 0 Å². The fourth-order valence-electron chi connectivity index (χ4n) is 2.39. The molecule has 0 spiro atoms. The zero-order valence-electron chi connectivity index (χ0n) is 11.0. The fraction of sp³-hybridized carbons (Fsp3) is 0.412. The number of halogens is 1. The number of rotatable bonds is 5. The molecule has 1 aromatic rings. The van der Waals surface area contributed by atoms with Crippen LogP contribution in [0.5, 0.6) is 0 Å². The van der Waals surface area contributed by atoms with Crippen molar-refractivity contribution in [3.05, 3.63) is 52.5 Å². The second-order valence-corrected chi connectivity index (χ2v) is 5.93. The molecule has 0 heterocycles. The van der Waals surface area contributed by atoms with Crippen molar-refractivity contribution < 1.29 is 0 Å². The minimum Gasteiger partial charge on any atom is -0.0805 e. The summed E-state index contributed by atoms with van der Waals surface area (Å²) in [5.74, 6) is 0.760. The van der Waals surface area contributed by atoms with E-state index in [4.69, 9.17) is 0 Å². The van der Waals surface area contributed by atoms with E-state index in [9.17, 15) is 0 Å². The van der Waals surface area contributed by atoms with Crippen LogP contribution in [0.3, 0.4) is 0 Å². The summed E-state index contributed by atoms with van der Waals surface area (Å²) in [5, 5.41) is 0. The van der Waals surface area contributed by atoms with Gasteiger partial charge in [0.25, 0.3) is 0 Å². The molecule has 1 aliphatic rings. The van der Waals surface area contributed by atoms with Crippen LogP contribution in [-0.2, 0) is 0 Å². The van der Waals surface area contributed by atoms with E-state index in [-0.39, 0.29) is 0 Å². The van der Waals surface area contributed by atoms with Gasteiger partial charge in [-0.3, -0.25) is 0 Å². The third kappa shape index (κ3) is 3.84. The van der Waals surface area contributed by atoms with Crippen molar-refractivity contribution in [2.45, 2.75) is 39.0 Å². The lowest BCUT2D eigenvalue weighted by atomic mass is 9.90. The normalized spacial score (nSPS) is 18.8. The number of hydrogen-bond donors (Lipinski definition) is 0. The van der Waals surface area contributed by atoms with Crippen LogP contribution in [0.1, 0.15) is 44.6 Å². The number of hydrogen-bond acceptors (Lipinski definition) is 0. The monoisotopic (exact) mass is 304 g/mol. The lowest BCUT2D eigenvalue weighted by Crippen LogP contribution is -1.99. The molecular formula is C17H21Br. The van der Waals surface area contributed by atoms with E-state index in [0.717, 1.165) is 10.4 Å². The highest BCUT2D eigenvalue weighted by molar-refractivity contribution is 9.10. The van der Waals surface area contributed by atoms with E-state index in [1.165, 1.54) is 43.2 Å². The van der Waals surface area contributed by atoms with E-state index < -0.39 is 0 Å². The van der Waals surface area contributed by atoms with Gasteiger partial charge in [0.2, 0.25) is 0 Å². The van der Waals surface area contributed by atoms with Crippen molar-refractivity contribution >= 4 is 21.5 Å². The first kappa shape index (κ1) is 13.6. The SMILES string of the molecule is CCCCCC1C=CC(c2ccc(Br)cc2)=CC1. The van der Waals surface area contributed by atoms with Crippen molar-refractivity contribution in [1.29, 1.82) is 0 Å². The highest BCUT2D eigenvalue weighted by atomic mass is 79.9. The Morgan fingerprint density at radius 3 is 2.56 bits per heavy atom. The summed E-state index contributed by atoms with van der Waals surface area (Å²) in [5.41, 5.74) is 2.69. The minimum absolute atomic E-state index is 0.760. The van der Waals surface area contributed by atoms with Crippen molar-refractivity contribution in [1.82, 2.24) is 0 Å². The Morgan fingerprint density at radius 2 is 1.94 bits per heavy atom. The van der Waals surface area contributed by atoms with E-state index in [0.29, 0.717) is 0 Å². The Hall–Kier alpha value is -0.820.